The van der Waals surface area contributed by atoms with Gasteiger partial charge in [0.2, 0.25) is 11.8 Å². The lowest BCUT2D eigenvalue weighted by Crippen LogP contribution is -2.53. The fraction of sp³-hybridized carbons (Fsp3) is 0.833. The van der Waals surface area contributed by atoms with E-state index >= 15 is 0 Å². The SMILES string of the molecule is CSCC[C@@H](N)C(=O)NC(C)C(=O)N1CCOCC1. The summed E-state index contributed by atoms with van der Waals surface area (Å²) in [5.74, 6) is 0.497. The lowest BCUT2D eigenvalue weighted by molar-refractivity contribution is -0.139. The average molecular weight is 289 g/mol. The van der Waals surface area contributed by atoms with Crippen LogP contribution >= 0.6 is 11.8 Å². The van der Waals surface area contributed by atoms with E-state index in [9.17, 15) is 9.59 Å². The molecule has 1 unspecified atom stereocenters. The van der Waals surface area contributed by atoms with Crippen molar-refractivity contribution in [1.82, 2.24) is 10.2 Å². The summed E-state index contributed by atoms with van der Waals surface area (Å²) in [7, 11) is 0. The Morgan fingerprint density at radius 3 is 2.63 bits per heavy atom. The molecule has 2 amide bonds. The van der Waals surface area contributed by atoms with Gasteiger partial charge >= 0.3 is 0 Å². The zero-order chi connectivity index (χ0) is 14.3. The number of rotatable bonds is 6. The van der Waals surface area contributed by atoms with Crippen LogP contribution < -0.4 is 11.1 Å². The summed E-state index contributed by atoms with van der Waals surface area (Å²) < 4.78 is 5.19. The Kier molecular flexibility index (Phi) is 7.19. The van der Waals surface area contributed by atoms with Crippen LogP contribution in [0, 0.1) is 0 Å². The van der Waals surface area contributed by atoms with E-state index in [2.05, 4.69) is 5.32 Å². The van der Waals surface area contributed by atoms with Gasteiger partial charge in [-0.05, 0) is 25.4 Å². The maximum absolute atomic E-state index is 12.1. The maximum Gasteiger partial charge on any atom is 0.245 e. The van der Waals surface area contributed by atoms with Crippen LogP contribution in [-0.2, 0) is 14.3 Å². The summed E-state index contributed by atoms with van der Waals surface area (Å²) in [6.07, 6.45) is 2.58. The molecule has 0 aromatic carbocycles. The van der Waals surface area contributed by atoms with Crippen molar-refractivity contribution >= 4 is 23.6 Å². The standard InChI is InChI=1S/C12H23N3O3S/c1-9(12(17)15-4-6-18-7-5-15)14-11(16)10(13)3-8-19-2/h9-10H,3-8,13H2,1-2H3,(H,14,16)/t9?,10-/m1/s1. The molecular weight excluding hydrogens is 266 g/mol. The van der Waals surface area contributed by atoms with Crippen LogP contribution in [0.3, 0.4) is 0 Å². The normalized spacial score (nSPS) is 18.8. The van der Waals surface area contributed by atoms with Crippen LogP contribution in [-0.4, -0.2) is 67.1 Å². The number of amides is 2. The molecule has 19 heavy (non-hydrogen) atoms. The second-order valence-corrected chi connectivity index (χ2v) is 5.54. The predicted molar refractivity (Wildman–Crippen MR) is 76.0 cm³/mol. The van der Waals surface area contributed by atoms with Gasteiger partial charge in [-0.2, -0.15) is 11.8 Å². The third-order valence-corrected chi connectivity index (χ3v) is 3.67. The van der Waals surface area contributed by atoms with Crippen LogP contribution in [0.15, 0.2) is 0 Å². The summed E-state index contributed by atoms with van der Waals surface area (Å²) in [5.41, 5.74) is 5.76. The largest absolute Gasteiger partial charge is 0.378 e. The molecular formula is C12H23N3O3S. The van der Waals surface area contributed by atoms with Gasteiger partial charge in [0.05, 0.1) is 19.3 Å². The molecule has 1 fully saturated rings. The first-order chi connectivity index (χ1) is 9.06. The van der Waals surface area contributed by atoms with Crippen molar-refractivity contribution in [3.8, 4) is 0 Å². The molecule has 110 valence electrons. The first kappa shape index (κ1) is 16.3. The zero-order valence-electron chi connectivity index (χ0n) is 11.6. The van der Waals surface area contributed by atoms with Gasteiger partial charge < -0.3 is 20.7 Å². The monoisotopic (exact) mass is 289 g/mol. The smallest absolute Gasteiger partial charge is 0.245 e. The molecule has 7 heteroatoms. The van der Waals surface area contributed by atoms with Crippen LogP contribution in [0.5, 0.6) is 0 Å². The zero-order valence-corrected chi connectivity index (χ0v) is 12.4. The van der Waals surface area contributed by atoms with E-state index in [-0.39, 0.29) is 11.8 Å². The number of hydrogen-bond acceptors (Lipinski definition) is 5. The van der Waals surface area contributed by atoms with Crippen molar-refractivity contribution < 1.29 is 14.3 Å². The third kappa shape index (κ3) is 5.38. The Bertz CT molecular complexity index is 309. The molecule has 0 bridgehead atoms. The highest BCUT2D eigenvalue weighted by Gasteiger charge is 2.25. The quantitative estimate of drug-likeness (QED) is 0.684. The van der Waals surface area contributed by atoms with Crippen LogP contribution in [0.4, 0.5) is 0 Å². The Morgan fingerprint density at radius 2 is 2.05 bits per heavy atom. The topological polar surface area (TPSA) is 84.7 Å². The van der Waals surface area contributed by atoms with Crippen LogP contribution in [0.2, 0.25) is 0 Å². The van der Waals surface area contributed by atoms with E-state index in [0.29, 0.717) is 32.7 Å². The lowest BCUT2D eigenvalue weighted by atomic mass is 10.2. The Morgan fingerprint density at radius 1 is 1.42 bits per heavy atom. The van der Waals surface area contributed by atoms with E-state index in [1.54, 1.807) is 23.6 Å². The highest BCUT2D eigenvalue weighted by molar-refractivity contribution is 7.98. The first-order valence-corrected chi connectivity index (χ1v) is 7.87. The van der Waals surface area contributed by atoms with Crippen molar-refractivity contribution in [1.29, 1.82) is 0 Å². The van der Waals surface area contributed by atoms with Crippen LogP contribution in [0.25, 0.3) is 0 Å². The lowest BCUT2D eigenvalue weighted by Gasteiger charge is -2.29. The second-order valence-electron chi connectivity index (χ2n) is 4.56. The molecule has 1 heterocycles. The number of carbonyl (C=O) groups is 2. The number of carbonyl (C=O) groups excluding carboxylic acids is 2. The van der Waals surface area contributed by atoms with E-state index in [0.717, 1.165) is 5.75 Å². The van der Waals surface area contributed by atoms with Gasteiger partial charge in [0.15, 0.2) is 0 Å². The van der Waals surface area contributed by atoms with Gasteiger partial charge in [-0.15, -0.1) is 0 Å². The number of thioether (sulfide) groups is 1. The highest BCUT2D eigenvalue weighted by atomic mass is 32.2. The minimum atomic E-state index is -0.549. The molecule has 3 N–H and O–H groups in total. The third-order valence-electron chi connectivity index (χ3n) is 3.02. The number of morpholine rings is 1. The van der Waals surface area contributed by atoms with Gasteiger partial charge in [0, 0.05) is 13.1 Å². The maximum atomic E-state index is 12.1. The summed E-state index contributed by atoms with van der Waals surface area (Å²) in [6.45, 7) is 3.96. The van der Waals surface area contributed by atoms with Crippen LogP contribution in [0.1, 0.15) is 13.3 Å². The molecule has 0 aliphatic carbocycles. The minimum Gasteiger partial charge on any atom is -0.378 e. The fourth-order valence-electron chi connectivity index (χ4n) is 1.82. The molecule has 0 aromatic heterocycles. The van der Waals surface area contributed by atoms with E-state index in [4.69, 9.17) is 10.5 Å². The van der Waals surface area contributed by atoms with Crippen molar-refractivity contribution in [2.45, 2.75) is 25.4 Å². The van der Waals surface area contributed by atoms with E-state index in [1.165, 1.54) is 0 Å². The molecule has 2 atom stereocenters. The van der Waals surface area contributed by atoms with Gasteiger partial charge in [-0.25, -0.2) is 0 Å². The first-order valence-electron chi connectivity index (χ1n) is 6.47. The molecule has 1 aliphatic heterocycles. The molecule has 0 radical (unpaired) electrons. The van der Waals surface area contributed by atoms with Crippen molar-refractivity contribution in [2.75, 3.05) is 38.3 Å². The number of nitrogens with zero attached hydrogens (tertiary/aromatic N) is 1. The molecule has 1 aliphatic rings. The molecule has 0 spiro atoms. The minimum absolute atomic E-state index is 0.0753. The second kappa shape index (κ2) is 8.39. The molecule has 1 rings (SSSR count). The highest BCUT2D eigenvalue weighted by Crippen LogP contribution is 2.02. The van der Waals surface area contributed by atoms with Crippen molar-refractivity contribution in [2.24, 2.45) is 5.73 Å². The van der Waals surface area contributed by atoms with Gasteiger partial charge in [-0.1, -0.05) is 0 Å². The van der Waals surface area contributed by atoms with Crippen molar-refractivity contribution in [3.05, 3.63) is 0 Å². The molecule has 0 saturated carbocycles. The van der Waals surface area contributed by atoms with Gasteiger partial charge in [0.1, 0.15) is 6.04 Å². The number of ether oxygens (including phenoxy) is 1. The Labute approximate surface area is 118 Å². The Hall–Kier alpha value is -0.790. The number of nitrogens with one attached hydrogen (secondary N) is 1. The van der Waals surface area contributed by atoms with Crippen molar-refractivity contribution in [3.63, 3.8) is 0 Å². The fourth-order valence-corrected chi connectivity index (χ4v) is 2.31. The van der Waals surface area contributed by atoms with Gasteiger partial charge in [-0.3, -0.25) is 9.59 Å². The summed E-state index contributed by atoms with van der Waals surface area (Å²) in [5, 5.41) is 2.68. The number of hydrogen-bond donors (Lipinski definition) is 2. The van der Waals surface area contributed by atoms with Gasteiger partial charge in [0.25, 0.3) is 0 Å². The molecule has 6 nitrogen and oxygen atoms in total. The summed E-state index contributed by atoms with van der Waals surface area (Å²) >= 11 is 1.65. The van der Waals surface area contributed by atoms with E-state index in [1.807, 2.05) is 6.26 Å². The molecule has 1 saturated heterocycles. The average Bonchev–Trinajstić information content (AvgIpc) is 2.44. The predicted octanol–water partition coefficient (Wildman–Crippen LogP) is -0.570. The number of nitrogens with two attached hydrogens (primary N) is 1. The molecule has 0 aromatic rings. The Balaban J connectivity index is 2.37. The van der Waals surface area contributed by atoms with E-state index < -0.39 is 12.1 Å². The summed E-state index contributed by atoms with van der Waals surface area (Å²) in [6, 6.07) is -1.08. The summed E-state index contributed by atoms with van der Waals surface area (Å²) in [4.78, 5) is 25.6.